The number of rotatable bonds is 5. The van der Waals surface area contributed by atoms with E-state index in [4.69, 9.17) is 9.84 Å². The van der Waals surface area contributed by atoms with Gasteiger partial charge in [-0.25, -0.2) is 4.39 Å². The Hall–Kier alpha value is -2.41. The summed E-state index contributed by atoms with van der Waals surface area (Å²) in [6.45, 7) is 0.346. The topological polar surface area (TPSA) is 66.8 Å². The van der Waals surface area contributed by atoms with Crippen molar-refractivity contribution in [2.24, 2.45) is 5.92 Å². The minimum Gasteiger partial charge on any atom is -0.489 e. The summed E-state index contributed by atoms with van der Waals surface area (Å²) in [6, 6.07) is 11.2. The first-order valence-corrected chi connectivity index (χ1v) is 8.42. The van der Waals surface area contributed by atoms with Crippen molar-refractivity contribution in [3.8, 4) is 5.75 Å². The molecule has 2 aromatic carbocycles. The monoisotopic (exact) mass is 407 g/mol. The van der Waals surface area contributed by atoms with E-state index in [0.29, 0.717) is 11.3 Å². The van der Waals surface area contributed by atoms with Crippen molar-refractivity contribution in [3.63, 3.8) is 0 Å². The molecule has 1 amide bonds. The standard InChI is InChI=1S/C18H15BrFNO4/c19-14-2-4-15(5-3-14)25-10-12-7-11(1-6-16(12)20)17(22)21-8-13(9-21)18(23)24/h1-7,13H,8-10H2,(H,23,24). The van der Waals surface area contributed by atoms with Crippen molar-refractivity contribution in [1.82, 2.24) is 4.90 Å². The van der Waals surface area contributed by atoms with Gasteiger partial charge in [-0.15, -0.1) is 0 Å². The fraction of sp³-hybridized carbons (Fsp3) is 0.222. The Morgan fingerprint density at radius 2 is 1.88 bits per heavy atom. The Morgan fingerprint density at radius 1 is 1.20 bits per heavy atom. The third-order valence-corrected chi connectivity index (χ3v) is 4.55. The van der Waals surface area contributed by atoms with Crippen molar-refractivity contribution >= 4 is 27.8 Å². The van der Waals surface area contributed by atoms with Gasteiger partial charge >= 0.3 is 5.97 Å². The molecule has 0 saturated carbocycles. The average molecular weight is 408 g/mol. The SMILES string of the molecule is O=C(O)C1CN(C(=O)c2ccc(F)c(COc3ccc(Br)cc3)c2)C1. The molecule has 1 aliphatic rings. The lowest BCUT2D eigenvalue weighted by atomic mass is 9.98. The summed E-state index contributed by atoms with van der Waals surface area (Å²) >= 11 is 3.32. The number of benzene rings is 2. The van der Waals surface area contributed by atoms with Crippen LogP contribution in [0, 0.1) is 11.7 Å². The van der Waals surface area contributed by atoms with Crippen LogP contribution in [0.15, 0.2) is 46.9 Å². The Bertz CT molecular complexity index is 803. The van der Waals surface area contributed by atoms with Gasteiger partial charge < -0.3 is 14.7 Å². The molecule has 25 heavy (non-hydrogen) atoms. The minimum atomic E-state index is -0.910. The average Bonchev–Trinajstić information content (AvgIpc) is 2.53. The summed E-state index contributed by atoms with van der Waals surface area (Å²) < 4.78 is 20.4. The van der Waals surface area contributed by atoms with E-state index in [0.717, 1.165) is 4.47 Å². The lowest BCUT2D eigenvalue weighted by Crippen LogP contribution is -2.53. The second-order valence-corrected chi connectivity index (χ2v) is 6.71. The van der Waals surface area contributed by atoms with Crippen LogP contribution in [0.4, 0.5) is 4.39 Å². The van der Waals surface area contributed by atoms with Gasteiger partial charge in [-0.2, -0.15) is 0 Å². The Labute approximate surface area is 152 Å². The number of hydrogen-bond acceptors (Lipinski definition) is 3. The number of carbonyl (C=O) groups excluding carboxylic acids is 1. The second kappa shape index (κ2) is 7.23. The molecule has 0 aromatic heterocycles. The molecule has 0 spiro atoms. The quantitative estimate of drug-likeness (QED) is 0.825. The number of carboxylic acid groups (broad SMARTS) is 1. The number of amides is 1. The van der Waals surface area contributed by atoms with Gasteiger partial charge in [-0.1, -0.05) is 15.9 Å². The zero-order chi connectivity index (χ0) is 18.0. The smallest absolute Gasteiger partial charge is 0.310 e. The van der Waals surface area contributed by atoms with Gasteiger partial charge in [-0.3, -0.25) is 9.59 Å². The molecule has 3 rings (SSSR count). The molecule has 1 aliphatic heterocycles. The third kappa shape index (κ3) is 3.99. The molecule has 5 nitrogen and oxygen atoms in total. The number of nitrogens with zero attached hydrogens (tertiary/aromatic N) is 1. The Kier molecular flexibility index (Phi) is 5.03. The van der Waals surface area contributed by atoms with E-state index in [2.05, 4.69) is 15.9 Å². The third-order valence-electron chi connectivity index (χ3n) is 4.02. The number of ether oxygens (including phenoxy) is 1. The number of likely N-dealkylation sites (tertiary alicyclic amines) is 1. The molecule has 7 heteroatoms. The molecule has 0 atom stereocenters. The molecular weight excluding hydrogens is 393 g/mol. The summed E-state index contributed by atoms with van der Waals surface area (Å²) in [5, 5.41) is 8.87. The summed E-state index contributed by atoms with van der Waals surface area (Å²) in [7, 11) is 0. The van der Waals surface area contributed by atoms with Gasteiger partial charge in [-0.05, 0) is 42.5 Å². The first kappa shape index (κ1) is 17.4. The lowest BCUT2D eigenvalue weighted by molar-refractivity contribution is -0.146. The highest BCUT2D eigenvalue weighted by molar-refractivity contribution is 9.10. The molecule has 0 aliphatic carbocycles. The lowest BCUT2D eigenvalue weighted by Gasteiger charge is -2.36. The molecule has 0 unspecified atom stereocenters. The fourth-order valence-electron chi connectivity index (χ4n) is 2.49. The van der Waals surface area contributed by atoms with Gasteiger partial charge in [0.05, 0.1) is 5.92 Å². The molecule has 1 N–H and O–H groups in total. The second-order valence-electron chi connectivity index (χ2n) is 5.79. The highest BCUT2D eigenvalue weighted by Gasteiger charge is 2.36. The first-order valence-electron chi connectivity index (χ1n) is 7.63. The van der Waals surface area contributed by atoms with Crippen molar-refractivity contribution in [2.75, 3.05) is 13.1 Å². The van der Waals surface area contributed by atoms with E-state index in [9.17, 15) is 14.0 Å². The zero-order valence-corrected chi connectivity index (χ0v) is 14.7. The number of carbonyl (C=O) groups is 2. The Balaban J connectivity index is 1.67. The van der Waals surface area contributed by atoms with Crippen molar-refractivity contribution in [1.29, 1.82) is 0 Å². The van der Waals surface area contributed by atoms with Gasteiger partial charge in [0.2, 0.25) is 0 Å². The molecule has 130 valence electrons. The maximum absolute atomic E-state index is 14.0. The van der Waals surface area contributed by atoms with Crippen LogP contribution < -0.4 is 4.74 Å². The van der Waals surface area contributed by atoms with E-state index < -0.39 is 17.7 Å². The van der Waals surface area contributed by atoms with E-state index in [1.807, 2.05) is 12.1 Å². The predicted molar refractivity (Wildman–Crippen MR) is 91.9 cm³/mol. The van der Waals surface area contributed by atoms with E-state index in [1.165, 1.54) is 23.1 Å². The van der Waals surface area contributed by atoms with Gasteiger partial charge in [0, 0.05) is 28.7 Å². The summed E-state index contributed by atoms with van der Waals surface area (Å²) in [6.07, 6.45) is 0. The van der Waals surface area contributed by atoms with Gasteiger partial charge in [0.1, 0.15) is 18.2 Å². The molecular formula is C18H15BrFNO4. The largest absolute Gasteiger partial charge is 0.489 e. The number of hydrogen-bond donors (Lipinski definition) is 1. The maximum atomic E-state index is 14.0. The van der Waals surface area contributed by atoms with Crippen molar-refractivity contribution in [3.05, 3.63) is 63.9 Å². The summed E-state index contributed by atoms with van der Waals surface area (Å²) in [5.74, 6) is -1.61. The van der Waals surface area contributed by atoms with Crippen molar-refractivity contribution < 1.29 is 23.8 Å². The van der Waals surface area contributed by atoms with Gasteiger partial charge in [0.25, 0.3) is 5.91 Å². The molecule has 0 radical (unpaired) electrons. The van der Waals surface area contributed by atoms with E-state index in [-0.39, 0.29) is 31.2 Å². The minimum absolute atomic E-state index is 0.00760. The normalized spacial score (nSPS) is 14.1. The van der Waals surface area contributed by atoms with Crippen LogP contribution >= 0.6 is 15.9 Å². The van der Waals surface area contributed by atoms with E-state index >= 15 is 0 Å². The molecule has 2 aromatic rings. The van der Waals surface area contributed by atoms with Crippen LogP contribution in [0.3, 0.4) is 0 Å². The van der Waals surface area contributed by atoms with Crippen LogP contribution in [-0.4, -0.2) is 35.0 Å². The van der Waals surface area contributed by atoms with Crippen LogP contribution in [-0.2, 0) is 11.4 Å². The Morgan fingerprint density at radius 3 is 2.52 bits per heavy atom. The van der Waals surface area contributed by atoms with Crippen LogP contribution in [0.1, 0.15) is 15.9 Å². The summed E-state index contributed by atoms with van der Waals surface area (Å²) in [4.78, 5) is 24.6. The number of halogens is 2. The van der Waals surface area contributed by atoms with Crippen LogP contribution in [0.2, 0.25) is 0 Å². The maximum Gasteiger partial charge on any atom is 0.310 e. The zero-order valence-electron chi connectivity index (χ0n) is 13.1. The fourth-order valence-corrected chi connectivity index (χ4v) is 2.76. The highest BCUT2D eigenvalue weighted by Crippen LogP contribution is 2.22. The van der Waals surface area contributed by atoms with Crippen molar-refractivity contribution in [2.45, 2.75) is 6.61 Å². The highest BCUT2D eigenvalue weighted by atomic mass is 79.9. The van der Waals surface area contributed by atoms with Crippen LogP contribution in [0.5, 0.6) is 5.75 Å². The van der Waals surface area contributed by atoms with E-state index in [1.54, 1.807) is 12.1 Å². The predicted octanol–water partition coefficient (Wildman–Crippen LogP) is 3.32. The first-order chi connectivity index (χ1) is 11.9. The number of aliphatic carboxylic acids is 1. The summed E-state index contributed by atoms with van der Waals surface area (Å²) in [5.41, 5.74) is 0.587. The number of carboxylic acids is 1. The van der Waals surface area contributed by atoms with Crippen LogP contribution in [0.25, 0.3) is 0 Å². The molecule has 1 saturated heterocycles. The molecule has 1 heterocycles. The van der Waals surface area contributed by atoms with Gasteiger partial charge in [0.15, 0.2) is 0 Å². The molecule has 0 bridgehead atoms. The molecule has 1 fully saturated rings.